The molecule has 0 radical (unpaired) electrons. The minimum atomic E-state index is -2.98. The number of rotatable bonds is 12. The first-order chi connectivity index (χ1) is 15.9. The average Bonchev–Trinajstić information content (AvgIpc) is 3.57. The molecule has 0 atom stereocenters. The smallest absolute Gasteiger partial charge is 0.331 e. The van der Waals surface area contributed by atoms with Gasteiger partial charge in [-0.05, 0) is 43.7 Å². The fourth-order valence-corrected chi connectivity index (χ4v) is 3.44. The Morgan fingerprint density at radius 2 is 2.00 bits per heavy atom. The van der Waals surface area contributed by atoms with Crippen molar-refractivity contribution in [2.45, 2.75) is 57.4 Å². The molecule has 10 heteroatoms. The van der Waals surface area contributed by atoms with Crippen molar-refractivity contribution in [1.82, 2.24) is 10.3 Å². The van der Waals surface area contributed by atoms with Crippen molar-refractivity contribution in [1.29, 1.82) is 0 Å². The summed E-state index contributed by atoms with van der Waals surface area (Å²) >= 11 is 0. The number of amides is 1. The fraction of sp³-hybridized carbons (Fsp3) is 0.682. The van der Waals surface area contributed by atoms with Crippen LogP contribution in [0.2, 0.25) is 0 Å². The monoisotopic (exact) mass is 459 g/mol. The molecule has 2 heterocycles. The van der Waals surface area contributed by atoms with E-state index in [1.165, 1.54) is 17.0 Å². The van der Waals surface area contributed by atoms with Crippen LogP contribution in [0.5, 0.6) is 5.88 Å². The number of anilines is 1. The van der Waals surface area contributed by atoms with Crippen LogP contribution in [-0.2, 0) is 9.53 Å². The van der Waals surface area contributed by atoms with E-state index < -0.39 is 56.1 Å². The molecule has 2 fully saturated rings. The Hall–Kier alpha value is -2.52. The Bertz CT molecular complexity index is 898. The van der Waals surface area contributed by atoms with Crippen LogP contribution in [0.15, 0.2) is 12.1 Å². The number of esters is 1. The second kappa shape index (κ2) is 9.95. The van der Waals surface area contributed by atoms with Gasteiger partial charge in [-0.3, -0.25) is 9.18 Å². The van der Waals surface area contributed by atoms with E-state index in [1.54, 1.807) is 13.8 Å². The van der Waals surface area contributed by atoms with Crippen LogP contribution < -0.4 is 15.0 Å². The highest BCUT2D eigenvalue weighted by Gasteiger charge is 2.45. The largest absolute Gasteiger partial charge is 0.476 e. The van der Waals surface area contributed by atoms with Crippen molar-refractivity contribution >= 4 is 17.6 Å². The summed E-state index contributed by atoms with van der Waals surface area (Å²) < 4.78 is 64.4. The molecular formula is C22H30F3N3O4. The van der Waals surface area contributed by atoms with Crippen LogP contribution in [0.3, 0.4) is 0 Å². The molecule has 1 aliphatic heterocycles. The van der Waals surface area contributed by atoms with Crippen LogP contribution in [0.25, 0.3) is 0 Å². The van der Waals surface area contributed by atoms with Crippen LogP contribution in [-0.4, -0.2) is 61.3 Å². The zero-order valence-corrected chi connectivity index (χ0v) is 18.3. The van der Waals surface area contributed by atoms with Crippen molar-refractivity contribution < 1.29 is 35.0 Å². The normalized spacial score (nSPS) is 18.8. The first kappa shape index (κ1) is 21.3. The number of pyridine rings is 1. The Labute approximate surface area is 188 Å². The van der Waals surface area contributed by atoms with Crippen LogP contribution in [0.1, 0.15) is 59.2 Å². The number of hydrogen-bond donors (Lipinski definition) is 1. The summed E-state index contributed by atoms with van der Waals surface area (Å²) in [6.45, 7) is -0.666. The summed E-state index contributed by atoms with van der Waals surface area (Å²) in [5.74, 6) is -3.81. The lowest BCUT2D eigenvalue weighted by Crippen LogP contribution is -2.56. The van der Waals surface area contributed by atoms with Crippen molar-refractivity contribution in [2.75, 3.05) is 37.8 Å². The van der Waals surface area contributed by atoms with E-state index >= 15 is 0 Å². The first-order valence-electron chi connectivity index (χ1n) is 11.8. The van der Waals surface area contributed by atoms with E-state index in [-0.39, 0.29) is 24.4 Å². The molecule has 1 aromatic heterocycles. The fourth-order valence-electron chi connectivity index (χ4n) is 3.44. The SMILES string of the molecule is [2H]C([2H])(F)CCOC(=O)C(CC)(CC)NC(=O)c1ccc(N2CC(F)(F)C2)c(OCC2CC2)n1. The van der Waals surface area contributed by atoms with E-state index in [4.69, 9.17) is 12.2 Å². The second-order valence-corrected chi connectivity index (χ2v) is 8.25. The van der Waals surface area contributed by atoms with Crippen molar-refractivity contribution in [3.63, 3.8) is 0 Å². The maximum atomic E-state index is 13.4. The zero-order chi connectivity index (χ0) is 25.1. The topological polar surface area (TPSA) is 80.8 Å². The number of halogens is 3. The predicted molar refractivity (Wildman–Crippen MR) is 112 cm³/mol. The molecule has 0 spiro atoms. The van der Waals surface area contributed by atoms with Crippen molar-refractivity contribution in [2.24, 2.45) is 5.92 Å². The quantitative estimate of drug-likeness (QED) is 0.482. The number of ether oxygens (including phenoxy) is 2. The Balaban J connectivity index is 1.74. The molecule has 2 aliphatic rings. The van der Waals surface area contributed by atoms with E-state index in [1.807, 2.05) is 0 Å². The van der Waals surface area contributed by atoms with Gasteiger partial charge in [0.1, 0.15) is 16.9 Å². The van der Waals surface area contributed by atoms with Gasteiger partial charge in [0.25, 0.3) is 11.8 Å². The summed E-state index contributed by atoms with van der Waals surface area (Å²) in [6.07, 6.45) is 1.74. The molecule has 1 saturated heterocycles. The van der Waals surface area contributed by atoms with Crippen LogP contribution in [0, 0.1) is 5.92 Å². The van der Waals surface area contributed by atoms with Gasteiger partial charge in [-0.25, -0.2) is 18.6 Å². The summed E-state index contributed by atoms with van der Waals surface area (Å²) in [7, 11) is 0. The number of carbonyl (C=O) groups is 2. The molecule has 7 nitrogen and oxygen atoms in total. The summed E-state index contributed by atoms with van der Waals surface area (Å²) in [5.41, 5.74) is -1.10. The molecule has 1 N–H and O–H groups in total. The van der Waals surface area contributed by atoms with Crippen LogP contribution >= 0.6 is 0 Å². The number of hydrogen-bond acceptors (Lipinski definition) is 6. The highest BCUT2D eigenvalue weighted by molar-refractivity contribution is 5.97. The maximum absolute atomic E-state index is 13.4. The summed E-state index contributed by atoms with van der Waals surface area (Å²) in [4.78, 5) is 31.4. The van der Waals surface area contributed by atoms with Gasteiger partial charge >= 0.3 is 5.97 Å². The minimum Gasteiger partial charge on any atom is -0.476 e. The maximum Gasteiger partial charge on any atom is 0.331 e. The van der Waals surface area contributed by atoms with Gasteiger partial charge in [0.2, 0.25) is 5.88 Å². The number of nitrogens with one attached hydrogen (secondary N) is 1. The van der Waals surface area contributed by atoms with Gasteiger partial charge in [-0.2, -0.15) is 0 Å². The molecule has 0 unspecified atom stereocenters. The molecule has 1 aromatic rings. The molecule has 0 aromatic carbocycles. The number of alkyl halides is 3. The molecule has 3 rings (SSSR count). The van der Waals surface area contributed by atoms with E-state index in [0.29, 0.717) is 18.2 Å². The molecule has 1 aliphatic carbocycles. The third kappa shape index (κ3) is 5.63. The molecular weight excluding hydrogens is 427 g/mol. The predicted octanol–water partition coefficient (Wildman–Crippen LogP) is 3.52. The Morgan fingerprint density at radius 1 is 1.31 bits per heavy atom. The van der Waals surface area contributed by atoms with Crippen molar-refractivity contribution in [3.8, 4) is 5.88 Å². The second-order valence-electron chi connectivity index (χ2n) is 8.25. The lowest BCUT2D eigenvalue weighted by molar-refractivity contribution is -0.152. The van der Waals surface area contributed by atoms with Gasteiger partial charge in [-0.1, -0.05) is 13.8 Å². The number of aromatic nitrogens is 1. The Kier molecular flexibility index (Phi) is 6.64. The third-order valence-corrected chi connectivity index (χ3v) is 5.79. The van der Waals surface area contributed by atoms with Gasteiger partial charge < -0.3 is 19.7 Å². The highest BCUT2D eigenvalue weighted by atomic mass is 19.3. The molecule has 0 bridgehead atoms. The van der Waals surface area contributed by atoms with Gasteiger partial charge in [0.05, 0.1) is 35.7 Å². The lowest BCUT2D eigenvalue weighted by Gasteiger charge is -2.40. The average molecular weight is 460 g/mol. The van der Waals surface area contributed by atoms with Crippen molar-refractivity contribution in [3.05, 3.63) is 17.8 Å². The standard InChI is InChI=1S/C22H30F3N3O4/c1-3-21(4-2,20(30)31-11-5-10-23)27-18(29)16-8-9-17(28-13-22(24,25)14-28)19(26-16)32-12-15-6-7-15/h8-9,15H,3-7,10-14H2,1-2H3,(H,27,29)/i10D2. The first-order valence-corrected chi connectivity index (χ1v) is 10.8. The van der Waals surface area contributed by atoms with Crippen LogP contribution in [0.4, 0.5) is 18.9 Å². The minimum absolute atomic E-state index is 0.0546. The van der Waals surface area contributed by atoms with Gasteiger partial charge in [0.15, 0.2) is 0 Å². The van der Waals surface area contributed by atoms with E-state index in [2.05, 4.69) is 10.3 Å². The molecule has 1 amide bonds. The highest BCUT2D eigenvalue weighted by Crippen LogP contribution is 2.38. The van der Waals surface area contributed by atoms with E-state index in [0.717, 1.165) is 12.8 Å². The Morgan fingerprint density at radius 3 is 2.56 bits per heavy atom. The molecule has 178 valence electrons. The third-order valence-electron chi connectivity index (χ3n) is 5.79. The molecule has 1 saturated carbocycles. The summed E-state index contributed by atoms with van der Waals surface area (Å²) in [6, 6.07) is 2.88. The zero-order valence-electron chi connectivity index (χ0n) is 20.3. The number of carbonyl (C=O) groups excluding carboxylic acids is 2. The summed E-state index contributed by atoms with van der Waals surface area (Å²) in [5, 5.41) is 2.64. The molecule has 32 heavy (non-hydrogen) atoms. The number of nitrogens with zero attached hydrogens (tertiary/aromatic N) is 2. The van der Waals surface area contributed by atoms with Gasteiger partial charge in [-0.15, -0.1) is 0 Å². The lowest BCUT2D eigenvalue weighted by atomic mass is 9.92. The van der Waals surface area contributed by atoms with Gasteiger partial charge in [0, 0.05) is 6.42 Å². The van der Waals surface area contributed by atoms with E-state index in [9.17, 15) is 22.8 Å².